The predicted octanol–water partition coefficient (Wildman–Crippen LogP) is 3.13. The summed E-state index contributed by atoms with van der Waals surface area (Å²) in [6, 6.07) is 9.47. The molecule has 3 aromatic rings. The molecule has 0 bridgehead atoms. The molecule has 3 rings (SSSR count). The van der Waals surface area contributed by atoms with Crippen molar-refractivity contribution in [1.82, 2.24) is 9.97 Å². The van der Waals surface area contributed by atoms with Gasteiger partial charge in [-0.05, 0) is 35.4 Å². The number of pyridine rings is 1. The molecule has 1 amide bonds. The molecule has 104 valence electrons. The largest absolute Gasteiger partial charge is 0.432 e. The maximum atomic E-state index is 12.9. The third-order valence-electron chi connectivity index (χ3n) is 2.82. The van der Waals surface area contributed by atoms with Crippen molar-refractivity contribution in [2.24, 2.45) is 0 Å². The van der Waals surface area contributed by atoms with Gasteiger partial charge in [0.1, 0.15) is 17.8 Å². The fourth-order valence-electron chi connectivity index (χ4n) is 1.82. The number of oxazole rings is 1. The van der Waals surface area contributed by atoms with Gasteiger partial charge in [0.25, 0.3) is 5.91 Å². The first kappa shape index (κ1) is 13.0. The molecule has 2 aromatic heterocycles. The summed E-state index contributed by atoms with van der Waals surface area (Å²) >= 11 is 0. The number of aromatic nitrogens is 2. The number of anilines is 1. The highest BCUT2D eigenvalue weighted by Crippen LogP contribution is 2.20. The Hall–Kier alpha value is -3.02. The normalized spacial score (nSPS) is 10.3. The first-order valence-corrected chi connectivity index (χ1v) is 6.15. The van der Waals surface area contributed by atoms with Crippen molar-refractivity contribution in [2.75, 3.05) is 5.32 Å². The minimum atomic E-state index is -0.429. The van der Waals surface area contributed by atoms with Gasteiger partial charge in [0.05, 0.1) is 6.20 Å². The van der Waals surface area contributed by atoms with Crippen LogP contribution in [0.2, 0.25) is 0 Å². The summed E-state index contributed by atoms with van der Waals surface area (Å²) in [6.45, 7) is 0. The molecule has 0 aliphatic heterocycles. The fourth-order valence-corrected chi connectivity index (χ4v) is 1.82. The van der Waals surface area contributed by atoms with E-state index in [1.807, 2.05) is 0 Å². The molecular weight excluding hydrogens is 273 g/mol. The van der Waals surface area contributed by atoms with Gasteiger partial charge < -0.3 is 4.42 Å². The Morgan fingerprint density at radius 2 is 1.86 bits per heavy atom. The number of nitrogens with one attached hydrogen (secondary N) is 1. The number of rotatable bonds is 3. The maximum Gasteiger partial charge on any atom is 0.301 e. The van der Waals surface area contributed by atoms with Crippen LogP contribution in [-0.2, 0) is 0 Å². The fraction of sp³-hybridized carbons (Fsp3) is 0. The van der Waals surface area contributed by atoms with Crippen LogP contribution in [0.25, 0.3) is 11.1 Å². The van der Waals surface area contributed by atoms with Gasteiger partial charge in [-0.1, -0.05) is 12.1 Å². The quantitative estimate of drug-likeness (QED) is 0.801. The van der Waals surface area contributed by atoms with Crippen LogP contribution in [0.3, 0.4) is 0 Å². The Balaban J connectivity index is 1.86. The van der Waals surface area contributed by atoms with Crippen molar-refractivity contribution < 1.29 is 13.6 Å². The number of hydrogen-bond donors (Lipinski definition) is 1. The molecule has 0 saturated heterocycles. The molecular formula is C15H10FN3O2. The van der Waals surface area contributed by atoms with Gasteiger partial charge in [-0.2, -0.15) is 0 Å². The minimum absolute atomic E-state index is 0.106. The third-order valence-corrected chi connectivity index (χ3v) is 2.82. The Morgan fingerprint density at radius 1 is 1.05 bits per heavy atom. The van der Waals surface area contributed by atoms with Crippen LogP contribution >= 0.6 is 0 Å². The average Bonchev–Trinajstić information content (AvgIpc) is 3.01. The van der Waals surface area contributed by atoms with Crippen molar-refractivity contribution >= 4 is 11.9 Å². The minimum Gasteiger partial charge on any atom is -0.432 e. The molecule has 0 atom stereocenters. The van der Waals surface area contributed by atoms with E-state index in [1.54, 1.807) is 24.3 Å². The average molecular weight is 283 g/mol. The van der Waals surface area contributed by atoms with Crippen LogP contribution in [0.1, 0.15) is 10.5 Å². The van der Waals surface area contributed by atoms with Crippen molar-refractivity contribution in [2.45, 2.75) is 0 Å². The van der Waals surface area contributed by atoms with Crippen molar-refractivity contribution in [3.8, 4) is 11.1 Å². The second-order valence-electron chi connectivity index (χ2n) is 4.23. The van der Waals surface area contributed by atoms with Gasteiger partial charge in [-0.15, -0.1) is 0 Å². The van der Waals surface area contributed by atoms with Gasteiger partial charge in [0.2, 0.25) is 0 Å². The van der Waals surface area contributed by atoms with Gasteiger partial charge in [0.15, 0.2) is 0 Å². The van der Waals surface area contributed by atoms with Crippen LogP contribution < -0.4 is 5.32 Å². The molecule has 2 heterocycles. The summed E-state index contributed by atoms with van der Waals surface area (Å²) in [4.78, 5) is 19.8. The number of carbonyl (C=O) groups excluding carboxylic acids is 1. The van der Waals surface area contributed by atoms with Crippen LogP contribution in [0.4, 0.5) is 10.4 Å². The summed E-state index contributed by atoms with van der Waals surface area (Å²) in [5, 5.41) is 2.49. The standard InChI is InChI=1S/C15H10FN3O2/c16-12-3-1-10(2-4-12)11-5-6-17-13(9-11)14(20)19-15-18-7-8-21-15/h1-9H,(H,18,19,20). The zero-order valence-electron chi connectivity index (χ0n) is 10.8. The molecule has 1 aromatic carbocycles. The lowest BCUT2D eigenvalue weighted by Gasteiger charge is -2.04. The van der Waals surface area contributed by atoms with E-state index in [1.165, 1.54) is 30.8 Å². The number of benzene rings is 1. The van der Waals surface area contributed by atoms with Crippen molar-refractivity contribution in [1.29, 1.82) is 0 Å². The Kier molecular flexibility index (Phi) is 3.42. The van der Waals surface area contributed by atoms with Crippen LogP contribution in [-0.4, -0.2) is 15.9 Å². The number of hydrogen-bond acceptors (Lipinski definition) is 4. The monoisotopic (exact) mass is 283 g/mol. The van der Waals surface area contributed by atoms with Gasteiger partial charge >= 0.3 is 6.01 Å². The van der Waals surface area contributed by atoms with E-state index in [9.17, 15) is 9.18 Å². The Labute approximate surface area is 119 Å². The summed E-state index contributed by atoms with van der Waals surface area (Å²) in [5.74, 6) is -0.740. The summed E-state index contributed by atoms with van der Waals surface area (Å²) in [6.07, 6.45) is 4.30. The third kappa shape index (κ3) is 2.94. The zero-order valence-corrected chi connectivity index (χ0v) is 10.8. The molecule has 0 fully saturated rings. The number of nitrogens with zero attached hydrogens (tertiary/aromatic N) is 2. The SMILES string of the molecule is O=C(Nc1ncco1)c1cc(-c2ccc(F)cc2)ccn1. The zero-order chi connectivity index (χ0) is 14.7. The first-order chi connectivity index (χ1) is 10.2. The van der Waals surface area contributed by atoms with Crippen LogP contribution in [0.15, 0.2) is 59.5 Å². The van der Waals surface area contributed by atoms with Gasteiger partial charge in [-0.25, -0.2) is 9.37 Å². The molecule has 0 aliphatic carbocycles. The van der Waals surface area contributed by atoms with Gasteiger partial charge in [0, 0.05) is 6.20 Å². The molecule has 21 heavy (non-hydrogen) atoms. The lowest BCUT2D eigenvalue weighted by molar-refractivity contribution is 0.101. The highest BCUT2D eigenvalue weighted by atomic mass is 19.1. The van der Waals surface area contributed by atoms with E-state index < -0.39 is 5.91 Å². The molecule has 6 heteroatoms. The molecule has 0 radical (unpaired) electrons. The molecule has 0 aliphatic rings. The molecule has 0 unspecified atom stereocenters. The Morgan fingerprint density at radius 3 is 2.57 bits per heavy atom. The second-order valence-corrected chi connectivity index (χ2v) is 4.23. The van der Waals surface area contributed by atoms with Crippen molar-refractivity contribution in [3.05, 3.63) is 66.6 Å². The van der Waals surface area contributed by atoms with Crippen LogP contribution in [0, 0.1) is 5.82 Å². The second kappa shape index (κ2) is 5.54. The predicted molar refractivity (Wildman–Crippen MR) is 74.1 cm³/mol. The lowest BCUT2D eigenvalue weighted by atomic mass is 10.1. The molecule has 5 nitrogen and oxygen atoms in total. The molecule has 0 saturated carbocycles. The van der Waals surface area contributed by atoms with Crippen LogP contribution in [0.5, 0.6) is 0 Å². The van der Waals surface area contributed by atoms with E-state index >= 15 is 0 Å². The van der Waals surface area contributed by atoms with Crippen molar-refractivity contribution in [3.63, 3.8) is 0 Å². The maximum absolute atomic E-state index is 12.9. The lowest BCUT2D eigenvalue weighted by Crippen LogP contribution is -2.13. The molecule has 1 N–H and O–H groups in total. The Bertz CT molecular complexity index is 755. The summed E-state index contributed by atoms with van der Waals surface area (Å²) < 4.78 is 17.9. The number of carbonyl (C=O) groups is 1. The summed E-state index contributed by atoms with van der Waals surface area (Å²) in [7, 11) is 0. The van der Waals surface area contributed by atoms with E-state index in [2.05, 4.69) is 15.3 Å². The van der Waals surface area contributed by atoms with E-state index in [0.717, 1.165) is 11.1 Å². The van der Waals surface area contributed by atoms with E-state index in [0.29, 0.717) is 0 Å². The van der Waals surface area contributed by atoms with E-state index in [-0.39, 0.29) is 17.5 Å². The molecule has 0 spiro atoms. The highest BCUT2D eigenvalue weighted by molar-refractivity contribution is 6.02. The van der Waals surface area contributed by atoms with Gasteiger partial charge in [-0.3, -0.25) is 15.1 Å². The highest BCUT2D eigenvalue weighted by Gasteiger charge is 2.11. The summed E-state index contributed by atoms with van der Waals surface area (Å²) in [5.41, 5.74) is 1.78. The van der Waals surface area contributed by atoms with E-state index in [4.69, 9.17) is 4.42 Å². The topological polar surface area (TPSA) is 68.0 Å². The first-order valence-electron chi connectivity index (χ1n) is 6.15. The smallest absolute Gasteiger partial charge is 0.301 e. The number of amides is 1. The number of halogens is 1.